The molecule has 0 saturated heterocycles. The molecular formula is C15H18N2O3S. The minimum absolute atomic E-state index is 0.293. The fourth-order valence-corrected chi connectivity index (χ4v) is 3.42. The van der Waals surface area contributed by atoms with Gasteiger partial charge in [-0.3, -0.25) is 0 Å². The Morgan fingerprint density at radius 2 is 2.10 bits per heavy atom. The number of urea groups is 1. The van der Waals surface area contributed by atoms with Crippen LogP contribution in [0.1, 0.15) is 16.5 Å². The van der Waals surface area contributed by atoms with Crippen molar-refractivity contribution in [2.24, 2.45) is 0 Å². The lowest BCUT2D eigenvalue weighted by atomic mass is 10.0. The van der Waals surface area contributed by atoms with Gasteiger partial charge < -0.3 is 14.9 Å². The molecule has 1 atom stereocenters. The Balaban J connectivity index is 2.29. The van der Waals surface area contributed by atoms with E-state index in [-0.39, 0.29) is 6.03 Å². The minimum atomic E-state index is -1.00. The maximum atomic E-state index is 12.6. The zero-order valence-electron chi connectivity index (χ0n) is 11.7. The van der Waals surface area contributed by atoms with E-state index in [0.29, 0.717) is 26.1 Å². The Morgan fingerprint density at radius 1 is 1.43 bits per heavy atom. The highest BCUT2D eigenvalue weighted by Crippen LogP contribution is 2.34. The van der Waals surface area contributed by atoms with Gasteiger partial charge in [0.25, 0.3) is 0 Å². The van der Waals surface area contributed by atoms with Crippen LogP contribution in [0.4, 0.5) is 4.79 Å². The van der Waals surface area contributed by atoms with E-state index in [9.17, 15) is 14.7 Å². The summed E-state index contributed by atoms with van der Waals surface area (Å²) in [7, 11) is 0. The highest BCUT2D eigenvalue weighted by molar-refractivity contribution is 7.10. The lowest BCUT2D eigenvalue weighted by molar-refractivity contribution is -0.143. The molecule has 1 aliphatic heterocycles. The third-order valence-electron chi connectivity index (χ3n) is 3.42. The van der Waals surface area contributed by atoms with Crippen molar-refractivity contribution >= 4 is 23.3 Å². The molecule has 2 rings (SSSR count). The number of hydrogen-bond donors (Lipinski definition) is 1. The van der Waals surface area contributed by atoms with Crippen LogP contribution in [-0.2, 0) is 11.2 Å². The Kier molecular flexibility index (Phi) is 4.80. The average Bonchev–Trinajstić information content (AvgIpc) is 2.93. The van der Waals surface area contributed by atoms with Crippen LogP contribution in [0, 0.1) is 0 Å². The summed E-state index contributed by atoms with van der Waals surface area (Å²) >= 11 is 1.54. The zero-order chi connectivity index (χ0) is 15.4. The topological polar surface area (TPSA) is 60.9 Å². The number of rotatable bonds is 5. The van der Waals surface area contributed by atoms with Gasteiger partial charge in [-0.05, 0) is 23.4 Å². The number of hydrogen-bond acceptors (Lipinski definition) is 3. The summed E-state index contributed by atoms with van der Waals surface area (Å²) in [5, 5.41) is 11.4. The molecule has 5 nitrogen and oxygen atoms in total. The summed E-state index contributed by atoms with van der Waals surface area (Å²) in [6.07, 6.45) is 3.94. The normalized spacial score (nSPS) is 17.0. The fourth-order valence-electron chi connectivity index (χ4n) is 2.51. The monoisotopic (exact) mass is 306 g/mol. The van der Waals surface area contributed by atoms with E-state index in [1.165, 1.54) is 9.80 Å². The van der Waals surface area contributed by atoms with Crippen molar-refractivity contribution in [2.45, 2.75) is 12.5 Å². The number of aliphatic carboxylic acids is 1. The maximum Gasteiger partial charge on any atom is 0.331 e. The van der Waals surface area contributed by atoms with E-state index >= 15 is 0 Å². The number of carboxylic acids is 1. The minimum Gasteiger partial charge on any atom is -0.479 e. The molecule has 0 fully saturated rings. The lowest BCUT2D eigenvalue weighted by Crippen LogP contribution is -2.49. The van der Waals surface area contributed by atoms with Crippen molar-refractivity contribution in [3.63, 3.8) is 0 Å². The predicted octanol–water partition coefficient (Wildman–Crippen LogP) is 2.53. The first kappa shape index (κ1) is 15.3. The van der Waals surface area contributed by atoms with Gasteiger partial charge in [-0.2, -0.15) is 0 Å². The molecule has 1 N–H and O–H groups in total. The Morgan fingerprint density at radius 3 is 2.67 bits per heavy atom. The van der Waals surface area contributed by atoms with Gasteiger partial charge in [-0.15, -0.1) is 24.5 Å². The summed E-state index contributed by atoms with van der Waals surface area (Å²) in [4.78, 5) is 28.2. The first-order valence-electron chi connectivity index (χ1n) is 6.66. The number of thiophene rings is 1. The number of carboxylic acid groups (broad SMARTS) is 1. The Hall–Kier alpha value is -2.08. The van der Waals surface area contributed by atoms with Gasteiger partial charge in [0.2, 0.25) is 0 Å². The second-order valence-corrected chi connectivity index (χ2v) is 5.75. The molecule has 0 spiro atoms. The number of amides is 2. The van der Waals surface area contributed by atoms with Crippen LogP contribution in [0.5, 0.6) is 0 Å². The van der Waals surface area contributed by atoms with Gasteiger partial charge in [0.15, 0.2) is 6.04 Å². The summed E-state index contributed by atoms with van der Waals surface area (Å²) in [6, 6.07) is 0.590. The van der Waals surface area contributed by atoms with Crippen molar-refractivity contribution in [2.75, 3.05) is 19.6 Å². The molecule has 2 amide bonds. The average molecular weight is 306 g/mol. The van der Waals surface area contributed by atoms with Crippen LogP contribution < -0.4 is 0 Å². The molecule has 1 aromatic rings. The van der Waals surface area contributed by atoms with E-state index in [4.69, 9.17) is 0 Å². The summed E-state index contributed by atoms with van der Waals surface area (Å²) in [5.41, 5.74) is 0.726. The van der Waals surface area contributed by atoms with Crippen LogP contribution in [-0.4, -0.2) is 46.5 Å². The van der Waals surface area contributed by atoms with Gasteiger partial charge in [-0.1, -0.05) is 12.2 Å². The lowest BCUT2D eigenvalue weighted by Gasteiger charge is -2.36. The number of carbonyl (C=O) groups is 2. The highest BCUT2D eigenvalue weighted by atomic mass is 32.1. The maximum absolute atomic E-state index is 12.6. The molecule has 21 heavy (non-hydrogen) atoms. The number of carbonyl (C=O) groups excluding carboxylic acids is 1. The van der Waals surface area contributed by atoms with Crippen LogP contribution in [0.25, 0.3) is 0 Å². The van der Waals surface area contributed by atoms with Crippen molar-refractivity contribution in [1.82, 2.24) is 9.80 Å². The third kappa shape index (κ3) is 3.00. The van der Waals surface area contributed by atoms with E-state index in [2.05, 4.69) is 13.2 Å². The zero-order valence-corrected chi connectivity index (χ0v) is 12.5. The highest BCUT2D eigenvalue weighted by Gasteiger charge is 2.37. The smallest absolute Gasteiger partial charge is 0.331 e. The SMILES string of the molecule is C=CCN(CC=C)C(=O)N1CCc2sccc2C1C(=O)O. The Bertz CT molecular complexity index is 557. The molecule has 1 aliphatic rings. The second-order valence-electron chi connectivity index (χ2n) is 4.75. The summed E-state index contributed by atoms with van der Waals surface area (Å²) in [6.45, 7) is 8.40. The summed E-state index contributed by atoms with van der Waals surface area (Å²) < 4.78 is 0. The molecule has 0 aliphatic carbocycles. The van der Waals surface area contributed by atoms with Crippen LogP contribution in [0.2, 0.25) is 0 Å². The van der Waals surface area contributed by atoms with E-state index < -0.39 is 12.0 Å². The molecule has 6 heteroatoms. The molecule has 0 saturated carbocycles. The molecule has 0 aromatic carbocycles. The largest absolute Gasteiger partial charge is 0.479 e. The van der Waals surface area contributed by atoms with Crippen LogP contribution in [0.3, 0.4) is 0 Å². The number of fused-ring (bicyclic) bond motifs is 1. The second kappa shape index (κ2) is 6.58. The van der Waals surface area contributed by atoms with E-state index in [1.54, 1.807) is 29.6 Å². The molecule has 112 valence electrons. The quantitative estimate of drug-likeness (QED) is 0.850. The third-order valence-corrected chi connectivity index (χ3v) is 4.41. The van der Waals surface area contributed by atoms with Gasteiger partial charge in [0.1, 0.15) is 0 Å². The number of nitrogens with zero attached hydrogens (tertiary/aromatic N) is 2. The van der Waals surface area contributed by atoms with E-state index in [0.717, 1.165) is 10.4 Å². The van der Waals surface area contributed by atoms with Crippen molar-refractivity contribution in [3.8, 4) is 0 Å². The van der Waals surface area contributed by atoms with Crippen LogP contribution in [0.15, 0.2) is 36.8 Å². The fraction of sp³-hybridized carbons (Fsp3) is 0.333. The van der Waals surface area contributed by atoms with Gasteiger partial charge >= 0.3 is 12.0 Å². The first-order chi connectivity index (χ1) is 10.1. The molecule has 1 aromatic heterocycles. The molecule has 1 unspecified atom stereocenters. The van der Waals surface area contributed by atoms with Gasteiger partial charge in [-0.25, -0.2) is 9.59 Å². The molecule has 2 heterocycles. The Labute approximate surface area is 127 Å². The summed E-state index contributed by atoms with van der Waals surface area (Å²) in [5.74, 6) is -1.00. The molecule has 0 radical (unpaired) electrons. The van der Waals surface area contributed by atoms with Crippen molar-refractivity contribution < 1.29 is 14.7 Å². The van der Waals surface area contributed by atoms with Gasteiger partial charge in [0.05, 0.1) is 0 Å². The standard InChI is InChI=1S/C15H18N2O3S/c1-3-7-16(8-4-2)15(20)17-9-5-12-11(6-10-21-12)13(17)14(18)19/h3-4,6,10,13H,1-2,5,7-9H2,(H,18,19). The van der Waals surface area contributed by atoms with Crippen molar-refractivity contribution in [1.29, 1.82) is 0 Å². The van der Waals surface area contributed by atoms with E-state index in [1.807, 2.05) is 5.38 Å². The van der Waals surface area contributed by atoms with Gasteiger partial charge in [0, 0.05) is 24.5 Å². The van der Waals surface area contributed by atoms with Crippen molar-refractivity contribution in [3.05, 3.63) is 47.2 Å². The van der Waals surface area contributed by atoms with Crippen LogP contribution >= 0.6 is 11.3 Å². The first-order valence-corrected chi connectivity index (χ1v) is 7.54. The predicted molar refractivity (Wildman–Crippen MR) is 82.5 cm³/mol. The molecular weight excluding hydrogens is 288 g/mol. The molecule has 0 bridgehead atoms.